The maximum atomic E-state index is 12.5. The summed E-state index contributed by atoms with van der Waals surface area (Å²) in [4.78, 5) is 18.0. The first-order chi connectivity index (χ1) is 10.3. The Morgan fingerprint density at radius 2 is 1.86 bits per heavy atom. The van der Waals surface area contributed by atoms with Crippen molar-refractivity contribution in [1.29, 1.82) is 0 Å². The fourth-order valence-electron chi connectivity index (χ4n) is 2.92. The van der Waals surface area contributed by atoms with E-state index in [2.05, 4.69) is 0 Å². The van der Waals surface area contributed by atoms with Gasteiger partial charge in [0.05, 0.1) is 11.1 Å². The van der Waals surface area contributed by atoms with Crippen molar-refractivity contribution in [3.8, 4) is 11.1 Å². The predicted octanol–water partition coefficient (Wildman–Crippen LogP) is 3.31. The minimum atomic E-state index is -0.139. The Labute approximate surface area is 126 Å². The number of aromatic nitrogens is 1. The molecule has 0 fully saturated rings. The summed E-state index contributed by atoms with van der Waals surface area (Å²) >= 11 is 6.05. The Morgan fingerprint density at radius 1 is 1.05 bits per heavy atom. The smallest absolute Gasteiger partial charge is 0.291 e. The monoisotopic (exact) mass is 297 g/mol. The molecule has 4 rings (SSSR count). The number of rotatable bonds is 1. The lowest BCUT2D eigenvalue weighted by Gasteiger charge is -2.13. The van der Waals surface area contributed by atoms with Gasteiger partial charge in [0, 0.05) is 17.0 Å². The van der Waals surface area contributed by atoms with Gasteiger partial charge < -0.3 is 4.84 Å². The summed E-state index contributed by atoms with van der Waals surface area (Å²) in [5.41, 5.74) is 2.93. The molecule has 0 saturated heterocycles. The molecule has 21 heavy (non-hydrogen) atoms. The Kier molecular flexibility index (Phi) is 2.76. The van der Waals surface area contributed by atoms with Gasteiger partial charge in [-0.2, -0.15) is 0 Å². The summed E-state index contributed by atoms with van der Waals surface area (Å²) < 4.78 is 1.42. The number of hydrogen-bond donors (Lipinski definition) is 0. The van der Waals surface area contributed by atoms with E-state index in [1.165, 1.54) is 4.73 Å². The third kappa shape index (κ3) is 1.85. The number of halogens is 1. The first-order valence-electron chi connectivity index (χ1n) is 6.81. The van der Waals surface area contributed by atoms with Crippen LogP contribution in [-0.4, -0.2) is 11.3 Å². The highest BCUT2D eigenvalue weighted by atomic mass is 35.5. The van der Waals surface area contributed by atoms with Crippen LogP contribution < -0.4 is 10.4 Å². The largest absolute Gasteiger partial charge is 0.410 e. The average Bonchev–Trinajstić information content (AvgIpc) is 2.99. The Bertz CT molecular complexity index is 900. The summed E-state index contributed by atoms with van der Waals surface area (Å²) in [7, 11) is 0. The summed E-state index contributed by atoms with van der Waals surface area (Å²) in [6.07, 6.45) is 0.734. The zero-order valence-corrected chi connectivity index (χ0v) is 11.9. The van der Waals surface area contributed by atoms with E-state index in [1.54, 1.807) is 6.07 Å². The molecule has 3 aromatic rings. The van der Waals surface area contributed by atoms with Gasteiger partial charge in [-0.25, -0.2) is 0 Å². The van der Waals surface area contributed by atoms with E-state index < -0.39 is 0 Å². The van der Waals surface area contributed by atoms with Crippen LogP contribution in [0.1, 0.15) is 5.69 Å². The molecule has 2 heterocycles. The SMILES string of the molecule is O=c1c2cc(Cl)ccc2c(-c2ccccc2)c2n1OCC2. The van der Waals surface area contributed by atoms with Gasteiger partial charge in [-0.3, -0.25) is 4.79 Å². The van der Waals surface area contributed by atoms with Crippen molar-refractivity contribution in [2.24, 2.45) is 0 Å². The molecule has 4 heteroatoms. The van der Waals surface area contributed by atoms with Gasteiger partial charge >= 0.3 is 0 Å². The Hall–Kier alpha value is -2.26. The standard InChI is InChI=1S/C17H12ClNO2/c18-12-6-7-13-14(10-12)17(20)19-15(8-9-21-19)16(13)11-4-2-1-3-5-11/h1-7,10H,8-9H2. The Balaban J connectivity index is 2.20. The molecule has 104 valence electrons. The number of benzene rings is 2. The highest BCUT2D eigenvalue weighted by Gasteiger charge is 2.22. The van der Waals surface area contributed by atoms with Crippen LogP contribution in [0.25, 0.3) is 21.9 Å². The van der Waals surface area contributed by atoms with E-state index in [0.29, 0.717) is 17.0 Å². The lowest BCUT2D eigenvalue weighted by Crippen LogP contribution is -2.24. The molecule has 0 amide bonds. The van der Waals surface area contributed by atoms with Gasteiger partial charge in [-0.15, -0.1) is 4.73 Å². The molecule has 1 aliphatic rings. The molecule has 3 nitrogen and oxygen atoms in total. The van der Waals surface area contributed by atoms with Crippen LogP contribution in [0.4, 0.5) is 0 Å². The zero-order chi connectivity index (χ0) is 14.4. The maximum absolute atomic E-state index is 12.5. The summed E-state index contributed by atoms with van der Waals surface area (Å²) in [5, 5.41) is 2.07. The molecule has 0 N–H and O–H groups in total. The molecule has 0 bridgehead atoms. The minimum absolute atomic E-state index is 0.139. The fraction of sp³-hybridized carbons (Fsp3) is 0.118. The first-order valence-corrected chi connectivity index (χ1v) is 7.19. The summed E-state index contributed by atoms with van der Waals surface area (Å²) in [6.45, 7) is 0.527. The van der Waals surface area contributed by atoms with Crippen molar-refractivity contribution in [3.05, 3.63) is 69.6 Å². The third-order valence-corrected chi connectivity index (χ3v) is 4.06. The van der Waals surface area contributed by atoms with E-state index in [-0.39, 0.29) is 5.56 Å². The molecular weight excluding hydrogens is 286 g/mol. The van der Waals surface area contributed by atoms with E-state index in [1.807, 2.05) is 42.5 Å². The average molecular weight is 298 g/mol. The maximum Gasteiger partial charge on any atom is 0.291 e. The minimum Gasteiger partial charge on any atom is -0.410 e. The molecule has 0 radical (unpaired) electrons. The number of fused-ring (bicyclic) bond motifs is 2. The lowest BCUT2D eigenvalue weighted by atomic mass is 9.96. The molecule has 0 atom stereocenters. The molecule has 0 unspecified atom stereocenters. The molecule has 0 spiro atoms. The molecule has 2 aromatic carbocycles. The van der Waals surface area contributed by atoms with Crippen LogP contribution in [0.3, 0.4) is 0 Å². The van der Waals surface area contributed by atoms with Gasteiger partial charge in [-0.1, -0.05) is 48.0 Å². The fourth-order valence-corrected chi connectivity index (χ4v) is 3.10. The number of hydrogen-bond acceptors (Lipinski definition) is 2. The second kappa shape index (κ2) is 4.64. The van der Waals surface area contributed by atoms with Gasteiger partial charge in [0.2, 0.25) is 0 Å². The Morgan fingerprint density at radius 3 is 2.67 bits per heavy atom. The second-order valence-corrected chi connectivity index (χ2v) is 5.50. The second-order valence-electron chi connectivity index (χ2n) is 5.06. The van der Waals surface area contributed by atoms with E-state index in [9.17, 15) is 4.79 Å². The topological polar surface area (TPSA) is 31.2 Å². The zero-order valence-electron chi connectivity index (χ0n) is 11.2. The van der Waals surface area contributed by atoms with Gasteiger partial charge in [0.15, 0.2) is 0 Å². The molecule has 0 aliphatic carbocycles. The van der Waals surface area contributed by atoms with E-state index >= 15 is 0 Å². The highest BCUT2D eigenvalue weighted by molar-refractivity contribution is 6.31. The predicted molar refractivity (Wildman–Crippen MR) is 83.8 cm³/mol. The van der Waals surface area contributed by atoms with Crippen molar-refractivity contribution < 1.29 is 4.84 Å². The van der Waals surface area contributed by atoms with Crippen LogP contribution >= 0.6 is 11.6 Å². The summed E-state index contributed by atoms with van der Waals surface area (Å²) in [6, 6.07) is 15.5. The highest BCUT2D eigenvalue weighted by Crippen LogP contribution is 2.32. The van der Waals surface area contributed by atoms with Crippen molar-refractivity contribution in [2.75, 3.05) is 6.61 Å². The third-order valence-electron chi connectivity index (χ3n) is 3.82. The van der Waals surface area contributed by atoms with Crippen molar-refractivity contribution in [1.82, 2.24) is 4.73 Å². The van der Waals surface area contributed by atoms with Crippen LogP contribution in [-0.2, 0) is 6.42 Å². The number of nitrogens with zero attached hydrogens (tertiary/aromatic N) is 1. The molecule has 0 saturated carbocycles. The van der Waals surface area contributed by atoms with E-state index in [4.69, 9.17) is 16.4 Å². The van der Waals surface area contributed by atoms with Crippen molar-refractivity contribution in [2.45, 2.75) is 6.42 Å². The summed E-state index contributed by atoms with van der Waals surface area (Å²) in [5.74, 6) is 0. The number of pyridine rings is 1. The van der Waals surface area contributed by atoms with Crippen LogP contribution in [0.5, 0.6) is 0 Å². The van der Waals surface area contributed by atoms with Crippen LogP contribution in [0.15, 0.2) is 53.3 Å². The van der Waals surface area contributed by atoms with Crippen LogP contribution in [0.2, 0.25) is 5.02 Å². The van der Waals surface area contributed by atoms with Gasteiger partial charge in [0.25, 0.3) is 5.56 Å². The van der Waals surface area contributed by atoms with Crippen molar-refractivity contribution in [3.63, 3.8) is 0 Å². The van der Waals surface area contributed by atoms with Crippen LogP contribution in [0, 0.1) is 0 Å². The molecule has 1 aliphatic heterocycles. The van der Waals surface area contributed by atoms with Crippen molar-refractivity contribution >= 4 is 22.4 Å². The van der Waals surface area contributed by atoms with Gasteiger partial charge in [-0.05, 0) is 23.1 Å². The molecular formula is C17H12ClNO2. The normalized spacial score (nSPS) is 13.2. The van der Waals surface area contributed by atoms with E-state index in [0.717, 1.165) is 28.6 Å². The quantitative estimate of drug-likeness (QED) is 0.690. The lowest BCUT2D eigenvalue weighted by molar-refractivity contribution is 0.143. The first kappa shape index (κ1) is 12.5. The molecule has 1 aromatic heterocycles. The van der Waals surface area contributed by atoms with Gasteiger partial charge in [0.1, 0.15) is 6.61 Å².